The number of carbonyl (C=O) groups is 1. The summed E-state index contributed by atoms with van der Waals surface area (Å²) in [5.74, 6) is -0.0355. The molecule has 0 heterocycles. The van der Waals surface area contributed by atoms with Gasteiger partial charge in [0.15, 0.2) is 0 Å². The van der Waals surface area contributed by atoms with Crippen LogP contribution >= 0.6 is 0 Å². The van der Waals surface area contributed by atoms with Crippen LogP contribution in [0.4, 0.5) is 5.69 Å². The summed E-state index contributed by atoms with van der Waals surface area (Å²) in [6, 6.07) is 23.7. The summed E-state index contributed by atoms with van der Waals surface area (Å²) in [7, 11) is 0. The monoisotopic (exact) mass is 332 g/mol. The summed E-state index contributed by atoms with van der Waals surface area (Å²) in [5.41, 5.74) is 1.58. The van der Waals surface area contributed by atoms with Crippen LogP contribution in [0.25, 0.3) is 10.8 Å². The molecule has 128 valence electrons. The molecular weight excluding hydrogens is 308 g/mol. The molecule has 0 spiro atoms. The summed E-state index contributed by atoms with van der Waals surface area (Å²) < 4.78 is 0. The van der Waals surface area contributed by atoms with Gasteiger partial charge in [-0.2, -0.15) is 0 Å². The van der Waals surface area contributed by atoms with E-state index in [9.17, 15) is 4.79 Å². The summed E-state index contributed by atoms with van der Waals surface area (Å²) in [6.07, 6.45) is 0. The molecule has 3 heteroatoms. The first-order chi connectivity index (χ1) is 11.9. The Balaban J connectivity index is 1.97. The maximum Gasteiger partial charge on any atom is 0.247 e. The van der Waals surface area contributed by atoms with Crippen molar-refractivity contribution >= 4 is 22.4 Å². The lowest BCUT2D eigenvalue weighted by molar-refractivity contribution is -0.123. The second-order valence-electron chi connectivity index (χ2n) is 7.29. The minimum atomic E-state index is -0.453. The first kappa shape index (κ1) is 17.0. The minimum Gasteiger partial charge on any atom is -0.370 e. The molecule has 0 aromatic heterocycles. The van der Waals surface area contributed by atoms with E-state index in [0.29, 0.717) is 0 Å². The number of carbonyl (C=O) groups excluding carboxylic acids is 1. The maximum absolute atomic E-state index is 12.9. The molecule has 0 radical (unpaired) electrons. The van der Waals surface area contributed by atoms with Gasteiger partial charge < -0.3 is 10.6 Å². The highest BCUT2D eigenvalue weighted by atomic mass is 16.2. The standard InChI is InChI=1S/C22H24N2O/c1-22(2,3)24-21(25)20(23-19-11-5-4-6-12-19)18-14-13-16-9-7-8-10-17(16)15-18/h4-15,20,23H,1-3H3,(H,24,25). The van der Waals surface area contributed by atoms with Crippen LogP contribution in [0.2, 0.25) is 0 Å². The van der Waals surface area contributed by atoms with Gasteiger partial charge in [-0.3, -0.25) is 4.79 Å². The topological polar surface area (TPSA) is 41.1 Å². The lowest BCUT2D eigenvalue weighted by atomic mass is 9.99. The zero-order chi connectivity index (χ0) is 17.9. The molecule has 0 bridgehead atoms. The molecule has 0 aliphatic rings. The molecule has 1 unspecified atom stereocenters. The van der Waals surface area contributed by atoms with Gasteiger partial charge in [0.25, 0.3) is 0 Å². The molecule has 2 N–H and O–H groups in total. The van der Waals surface area contributed by atoms with E-state index in [1.807, 2.05) is 69.3 Å². The van der Waals surface area contributed by atoms with Crippen LogP contribution in [-0.4, -0.2) is 11.4 Å². The third-order valence-electron chi connectivity index (χ3n) is 3.95. The van der Waals surface area contributed by atoms with E-state index in [-0.39, 0.29) is 11.4 Å². The molecule has 0 fully saturated rings. The Hall–Kier alpha value is -2.81. The van der Waals surface area contributed by atoms with Crippen molar-refractivity contribution in [1.82, 2.24) is 5.32 Å². The van der Waals surface area contributed by atoms with Crippen LogP contribution in [0.3, 0.4) is 0 Å². The third kappa shape index (κ3) is 4.38. The van der Waals surface area contributed by atoms with Crippen LogP contribution in [0.15, 0.2) is 72.8 Å². The van der Waals surface area contributed by atoms with Crippen molar-refractivity contribution in [3.63, 3.8) is 0 Å². The van der Waals surface area contributed by atoms with Gasteiger partial charge in [0.1, 0.15) is 6.04 Å². The molecule has 0 aliphatic heterocycles. The Morgan fingerprint density at radius 2 is 1.48 bits per heavy atom. The van der Waals surface area contributed by atoms with E-state index in [2.05, 4.69) is 34.9 Å². The molecule has 3 aromatic rings. The van der Waals surface area contributed by atoms with E-state index in [1.54, 1.807) is 0 Å². The number of nitrogens with one attached hydrogen (secondary N) is 2. The summed E-state index contributed by atoms with van der Waals surface area (Å²) in [5, 5.41) is 8.75. The SMILES string of the molecule is CC(C)(C)NC(=O)C(Nc1ccccc1)c1ccc2ccccc2c1. The van der Waals surface area contributed by atoms with Crippen molar-refractivity contribution in [2.45, 2.75) is 32.4 Å². The van der Waals surface area contributed by atoms with Gasteiger partial charge in [0.05, 0.1) is 0 Å². The van der Waals surface area contributed by atoms with Gasteiger partial charge in [-0.1, -0.05) is 54.6 Å². The van der Waals surface area contributed by atoms with Gasteiger partial charge in [0, 0.05) is 11.2 Å². The normalized spacial score (nSPS) is 12.6. The Morgan fingerprint density at radius 1 is 0.840 bits per heavy atom. The number of anilines is 1. The molecule has 3 nitrogen and oxygen atoms in total. The summed E-state index contributed by atoms with van der Waals surface area (Å²) in [4.78, 5) is 12.9. The van der Waals surface area contributed by atoms with Gasteiger partial charge >= 0.3 is 0 Å². The van der Waals surface area contributed by atoms with Gasteiger partial charge in [-0.15, -0.1) is 0 Å². The number of para-hydroxylation sites is 1. The predicted molar refractivity (Wildman–Crippen MR) is 105 cm³/mol. The van der Waals surface area contributed by atoms with Crippen LogP contribution in [-0.2, 0) is 4.79 Å². The second-order valence-corrected chi connectivity index (χ2v) is 7.29. The van der Waals surface area contributed by atoms with E-state index in [4.69, 9.17) is 0 Å². The molecule has 0 aliphatic carbocycles. The number of rotatable bonds is 4. The Labute approximate surface area is 149 Å². The zero-order valence-corrected chi connectivity index (χ0v) is 14.9. The second kappa shape index (κ2) is 6.98. The lowest BCUT2D eigenvalue weighted by Crippen LogP contribution is -2.44. The number of benzene rings is 3. The van der Waals surface area contributed by atoms with E-state index in [0.717, 1.165) is 16.6 Å². The largest absolute Gasteiger partial charge is 0.370 e. The van der Waals surface area contributed by atoms with Crippen molar-refractivity contribution in [1.29, 1.82) is 0 Å². The van der Waals surface area contributed by atoms with Crippen molar-refractivity contribution < 1.29 is 4.79 Å². The van der Waals surface area contributed by atoms with Gasteiger partial charge in [-0.25, -0.2) is 0 Å². The zero-order valence-electron chi connectivity index (χ0n) is 14.9. The Kier molecular flexibility index (Phi) is 4.75. The average Bonchev–Trinajstić information content (AvgIpc) is 2.58. The van der Waals surface area contributed by atoms with Crippen LogP contribution in [0.1, 0.15) is 32.4 Å². The maximum atomic E-state index is 12.9. The number of fused-ring (bicyclic) bond motifs is 1. The first-order valence-electron chi connectivity index (χ1n) is 8.55. The Bertz CT molecular complexity index is 866. The first-order valence-corrected chi connectivity index (χ1v) is 8.55. The molecule has 1 amide bonds. The van der Waals surface area contributed by atoms with Crippen molar-refractivity contribution in [3.05, 3.63) is 78.4 Å². The highest BCUT2D eigenvalue weighted by Gasteiger charge is 2.24. The molecule has 0 saturated carbocycles. The van der Waals surface area contributed by atoms with E-state index < -0.39 is 6.04 Å². The van der Waals surface area contributed by atoms with Crippen LogP contribution in [0, 0.1) is 0 Å². The van der Waals surface area contributed by atoms with Crippen LogP contribution in [0.5, 0.6) is 0 Å². The number of amides is 1. The van der Waals surface area contributed by atoms with Gasteiger partial charge in [-0.05, 0) is 55.3 Å². The van der Waals surface area contributed by atoms with Crippen LogP contribution < -0.4 is 10.6 Å². The highest BCUT2D eigenvalue weighted by molar-refractivity contribution is 5.89. The summed E-state index contributed by atoms with van der Waals surface area (Å²) >= 11 is 0. The van der Waals surface area contributed by atoms with Crippen molar-refractivity contribution in [3.8, 4) is 0 Å². The number of hydrogen-bond acceptors (Lipinski definition) is 2. The van der Waals surface area contributed by atoms with E-state index >= 15 is 0 Å². The molecule has 3 aromatic carbocycles. The van der Waals surface area contributed by atoms with Gasteiger partial charge in [0.2, 0.25) is 5.91 Å². The van der Waals surface area contributed by atoms with Crippen molar-refractivity contribution in [2.75, 3.05) is 5.32 Å². The fourth-order valence-corrected chi connectivity index (χ4v) is 2.83. The fraction of sp³-hybridized carbons (Fsp3) is 0.227. The molecule has 25 heavy (non-hydrogen) atoms. The quantitative estimate of drug-likeness (QED) is 0.713. The third-order valence-corrected chi connectivity index (χ3v) is 3.95. The smallest absolute Gasteiger partial charge is 0.247 e. The molecular formula is C22H24N2O. The average molecular weight is 332 g/mol. The number of hydrogen-bond donors (Lipinski definition) is 2. The summed E-state index contributed by atoms with van der Waals surface area (Å²) in [6.45, 7) is 5.97. The fourth-order valence-electron chi connectivity index (χ4n) is 2.83. The predicted octanol–water partition coefficient (Wildman–Crippen LogP) is 4.91. The Morgan fingerprint density at radius 3 is 2.16 bits per heavy atom. The highest BCUT2D eigenvalue weighted by Crippen LogP contribution is 2.24. The molecule has 1 atom stereocenters. The minimum absolute atomic E-state index is 0.0355. The van der Waals surface area contributed by atoms with E-state index in [1.165, 1.54) is 5.39 Å². The molecule has 0 saturated heterocycles. The lowest BCUT2D eigenvalue weighted by Gasteiger charge is -2.26. The van der Waals surface area contributed by atoms with Crippen molar-refractivity contribution in [2.24, 2.45) is 0 Å². The molecule has 3 rings (SSSR count).